The number of amides is 1. The summed E-state index contributed by atoms with van der Waals surface area (Å²) in [5.74, 6) is -1.07. The van der Waals surface area contributed by atoms with Gasteiger partial charge in [-0.25, -0.2) is 12.8 Å². The Balaban J connectivity index is 0.00000312. The molecule has 2 unspecified atom stereocenters. The average Bonchev–Trinajstić information content (AvgIpc) is 2.54. The quantitative estimate of drug-likeness (QED) is 0.753. The number of carbonyl (C=O) groups excluding carboxylic acids is 1. The average molecular weight is 393 g/mol. The second-order valence-corrected chi connectivity index (χ2v) is 8.52. The zero-order valence-electron chi connectivity index (χ0n) is 14.6. The van der Waals surface area contributed by atoms with Crippen LogP contribution in [0.5, 0.6) is 0 Å². The summed E-state index contributed by atoms with van der Waals surface area (Å²) in [7, 11) is -1.72. The van der Waals surface area contributed by atoms with Crippen molar-refractivity contribution in [2.24, 2.45) is 11.8 Å². The summed E-state index contributed by atoms with van der Waals surface area (Å²) in [4.78, 5) is 14.4. The number of hydrogen-bond acceptors (Lipinski definition) is 4. The number of halogens is 2. The van der Waals surface area contributed by atoms with E-state index in [1.54, 1.807) is 11.8 Å². The van der Waals surface area contributed by atoms with Crippen LogP contribution in [0.15, 0.2) is 29.2 Å². The molecule has 1 saturated heterocycles. The van der Waals surface area contributed by atoms with E-state index in [9.17, 15) is 17.6 Å². The molecule has 1 N–H and O–H groups in total. The lowest BCUT2D eigenvalue weighted by Crippen LogP contribution is -2.45. The first-order valence-electron chi connectivity index (χ1n) is 8.25. The van der Waals surface area contributed by atoms with Crippen molar-refractivity contribution in [3.05, 3.63) is 30.1 Å². The molecule has 25 heavy (non-hydrogen) atoms. The first-order valence-corrected chi connectivity index (χ1v) is 9.90. The fourth-order valence-electron chi connectivity index (χ4n) is 3.17. The van der Waals surface area contributed by atoms with Crippen molar-refractivity contribution in [1.82, 2.24) is 10.2 Å². The van der Waals surface area contributed by atoms with Gasteiger partial charge in [0.1, 0.15) is 5.82 Å². The first kappa shape index (κ1) is 21.9. The number of piperidine rings is 1. The van der Waals surface area contributed by atoms with Crippen molar-refractivity contribution in [3.8, 4) is 0 Å². The summed E-state index contributed by atoms with van der Waals surface area (Å²) >= 11 is 0. The van der Waals surface area contributed by atoms with Crippen LogP contribution in [0.1, 0.15) is 19.8 Å². The molecule has 1 aromatic rings. The minimum absolute atomic E-state index is 0. The highest BCUT2D eigenvalue weighted by Gasteiger charge is 2.29. The van der Waals surface area contributed by atoms with Gasteiger partial charge in [0, 0.05) is 19.0 Å². The molecule has 1 amide bonds. The fourth-order valence-corrected chi connectivity index (χ4v) is 4.71. The van der Waals surface area contributed by atoms with Crippen molar-refractivity contribution in [1.29, 1.82) is 0 Å². The van der Waals surface area contributed by atoms with Gasteiger partial charge in [0.25, 0.3) is 0 Å². The number of benzene rings is 1. The minimum atomic E-state index is -3.61. The van der Waals surface area contributed by atoms with Crippen LogP contribution in [-0.2, 0) is 14.6 Å². The minimum Gasteiger partial charge on any atom is -0.342 e. The highest BCUT2D eigenvalue weighted by molar-refractivity contribution is 7.91. The second-order valence-electron chi connectivity index (χ2n) is 6.49. The molecule has 5 nitrogen and oxygen atoms in total. The second kappa shape index (κ2) is 9.50. The molecule has 0 radical (unpaired) electrons. The number of sulfone groups is 1. The molecule has 0 aliphatic carbocycles. The smallest absolute Gasteiger partial charge is 0.226 e. The maximum absolute atomic E-state index is 12.9. The lowest BCUT2D eigenvalue weighted by molar-refractivity contribution is -0.136. The van der Waals surface area contributed by atoms with E-state index in [0.29, 0.717) is 19.0 Å². The molecule has 8 heteroatoms. The Morgan fingerprint density at radius 3 is 2.60 bits per heavy atom. The SMILES string of the molecule is CNCC1CCCN(C(=O)C(C)CS(=O)(=O)c2ccc(F)cc2)C1.Cl. The first-order chi connectivity index (χ1) is 11.3. The molecule has 1 aliphatic heterocycles. The standard InChI is InChI=1S/C17H25FN2O3S.ClH/c1-13(12-24(22,23)16-7-5-15(18)6-8-16)17(21)20-9-3-4-14(11-20)10-19-2;/h5-8,13-14,19H,3-4,9-12H2,1-2H3;1H. The zero-order valence-corrected chi connectivity index (χ0v) is 16.2. The maximum atomic E-state index is 12.9. The summed E-state index contributed by atoms with van der Waals surface area (Å²) < 4.78 is 37.8. The Bertz CT molecular complexity index is 665. The molecule has 1 aliphatic rings. The molecular weight excluding hydrogens is 367 g/mol. The number of likely N-dealkylation sites (tertiary alicyclic amines) is 1. The van der Waals surface area contributed by atoms with Gasteiger partial charge >= 0.3 is 0 Å². The summed E-state index contributed by atoms with van der Waals surface area (Å²) in [6.07, 6.45) is 2.02. The third kappa shape index (κ3) is 5.94. The molecule has 0 saturated carbocycles. The van der Waals surface area contributed by atoms with E-state index in [1.807, 2.05) is 7.05 Å². The van der Waals surface area contributed by atoms with E-state index < -0.39 is 21.6 Å². The summed E-state index contributed by atoms with van der Waals surface area (Å²) in [5, 5.41) is 3.13. The predicted molar refractivity (Wildman–Crippen MR) is 98.1 cm³/mol. The zero-order chi connectivity index (χ0) is 17.7. The van der Waals surface area contributed by atoms with E-state index in [-0.39, 0.29) is 29.0 Å². The molecule has 0 aromatic heterocycles. The Morgan fingerprint density at radius 1 is 1.36 bits per heavy atom. The van der Waals surface area contributed by atoms with Crippen LogP contribution < -0.4 is 5.32 Å². The largest absolute Gasteiger partial charge is 0.342 e. The molecule has 1 heterocycles. The Kier molecular flexibility index (Phi) is 8.31. The fraction of sp³-hybridized carbons (Fsp3) is 0.588. The van der Waals surface area contributed by atoms with E-state index in [0.717, 1.165) is 31.5 Å². The maximum Gasteiger partial charge on any atom is 0.226 e. The number of nitrogens with zero attached hydrogens (tertiary/aromatic N) is 1. The molecule has 1 aromatic carbocycles. The number of hydrogen-bond donors (Lipinski definition) is 1. The Labute approximate surface area is 155 Å². The van der Waals surface area contributed by atoms with Crippen LogP contribution in [0.3, 0.4) is 0 Å². The predicted octanol–water partition coefficient (Wildman–Crippen LogP) is 2.12. The van der Waals surface area contributed by atoms with Gasteiger partial charge < -0.3 is 10.2 Å². The molecule has 0 bridgehead atoms. The number of carbonyl (C=O) groups is 1. The van der Waals surface area contributed by atoms with E-state index in [2.05, 4.69) is 5.32 Å². The summed E-state index contributed by atoms with van der Waals surface area (Å²) in [6.45, 7) is 3.84. The van der Waals surface area contributed by atoms with Gasteiger partial charge in [-0.3, -0.25) is 4.79 Å². The van der Waals surface area contributed by atoms with Gasteiger partial charge in [0.05, 0.1) is 10.6 Å². The lowest BCUT2D eigenvalue weighted by Gasteiger charge is -2.34. The van der Waals surface area contributed by atoms with E-state index >= 15 is 0 Å². The molecule has 2 atom stereocenters. The van der Waals surface area contributed by atoms with E-state index in [4.69, 9.17) is 0 Å². The summed E-state index contributed by atoms with van der Waals surface area (Å²) in [6, 6.07) is 4.72. The van der Waals surface area contributed by atoms with Crippen LogP contribution in [-0.4, -0.2) is 51.7 Å². The highest BCUT2D eigenvalue weighted by Crippen LogP contribution is 2.20. The van der Waals surface area contributed by atoms with Crippen molar-refractivity contribution >= 4 is 28.2 Å². The number of nitrogens with one attached hydrogen (secondary N) is 1. The normalized spacial score (nSPS) is 19.2. The number of rotatable bonds is 6. The molecular formula is C17H26ClFN2O3S. The molecule has 142 valence electrons. The molecule has 1 fully saturated rings. The molecule has 2 rings (SSSR count). The van der Waals surface area contributed by atoms with Crippen LogP contribution in [0, 0.1) is 17.7 Å². The van der Waals surface area contributed by atoms with Gasteiger partial charge in [-0.2, -0.15) is 0 Å². The van der Waals surface area contributed by atoms with Crippen molar-refractivity contribution in [2.45, 2.75) is 24.7 Å². The van der Waals surface area contributed by atoms with Gasteiger partial charge in [-0.15, -0.1) is 12.4 Å². The van der Waals surface area contributed by atoms with Crippen molar-refractivity contribution in [3.63, 3.8) is 0 Å². The summed E-state index contributed by atoms with van der Waals surface area (Å²) in [5.41, 5.74) is 0. The topological polar surface area (TPSA) is 66.5 Å². The van der Waals surface area contributed by atoms with Gasteiger partial charge in [-0.05, 0) is 56.6 Å². The monoisotopic (exact) mass is 392 g/mol. The Morgan fingerprint density at radius 2 is 2.00 bits per heavy atom. The van der Waals surface area contributed by atoms with Crippen LogP contribution >= 0.6 is 12.4 Å². The lowest BCUT2D eigenvalue weighted by atomic mass is 9.97. The van der Waals surface area contributed by atoms with Crippen LogP contribution in [0.2, 0.25) is 0 Å². The van der Waals surface area contributed by atoms with Gasteiger partial charge in [-0.1, -0.05) is 6.92 Å². The highest BCUT2D eigenvalue weighted by atomic mass is 35.5. The van der Waals surface area contributed by atoms with Crippen molar-refractivity contribution < 1.29 is 17.6 Å². The third-order valence-corrected chi connectivity index (χ3v) is 6.32. The van der Waals surface area contributed by atoms with Gasteiger partial charge in [0.2, 0.25) is 5.91 Å². The van der Waals surface area contributed by atoms with Crippen LogP contribution in [0.4, 0.5) is 4.39 Å². The van der Waals surface area contributed by atoms with Crippen LogP contribution in [0.25, 0.3) is 0 Å². The van der Waals surface area contributed by atoms with Crippen molar-refractivity contribution in [2.75, 3.05) is 32.4 Å². The third-order valence-electron chi connectivity index (χ3n) is 4.39. The Hall–Kier alpha value is -1.18. The van der Waals surface area contributed by atoms with Gasteiger partial charge in [0.15, 0.2) is 9.84 Å². The van der Waals surface area contributed by atoms with E-state index in [1.165, 1.54) is 12.1 Å². The molecule has 0 spiro atoms.